The Morgan fingerprint density at radius 1 is 1.39 bits per heavy atom. The Kier molecular flexibility index (Phi) is 13.6. The second kappa shape index (κ2) is 12.6. The fraction of sp³-hybridized carbons (Fsp3) is 0.583. The molecule has 0 fully saturated rings. The first-order chi connectivity index (χ1) is 8.65. The van der Waals surface area contributed by atoms with Gasteiger partial charge in [-0.15, -0.1) is 11.3 Å². The zero-order valence-electron chi connectivity index (χ0n) is 11.9. The van der Waals surface area contributed by atoms with E-state index in [1.807, 2.05) is 34.6 Å². The molecule has 106 valence electrons. The average Bonchev–Trinajstić information content (AvgIpc) is 2.82. The molecule has 0 aliphatic carbocycles. The molecular formula is C12H23NO3S2. The highest BCUT2D eigenvalue weighted by atomic mass is 32.2. The summed E-state index contributed by atoms with van der Waals surface area (Å²) < 4.78 is 18.3. The minimum absolute atomic E-state index is 0.357. The molecule has 1 aromatic heterocycles. The fourth-order valence-corrected chi connectivity index (χ4v) is 2.07. The van der Waals surface area contributed by atoms with Gasteiger partial charge in [0.1, 0.15) is 21.6 Å². The summed E-state index contributed by atoms with van der Waals surface area (Å²) in [5, 5.41) is 1.76. The van der Waals surface area contributed by atoms with Crippen LogP contribution in [0.1, 0.15) is 44.3 Å². The number of amides is 1. The van der Waals surface area contributed by atoms with Gasteiger partial charge in [0.25, 0.3) is 5.91 Å². The smallest absolute Gasteiger partial charge is 0.276 e. The van der Waals surface area contributed by atoms with Gasteiger partial charge in [-0.1, -0.05) is 27.7 Å². The van der Waals surface area contributed by atoms with E-state index in [2.05, 4.69) is 4.72 Å². The molecule has 0 aliphatic heterocycles. The Morgan fingerprint density at radius 2 is 1.94 bits per heavy atom. The summed E-state index contributed by atoms with van der Waals surface area (Å²) in [6.07, 6.45) is 1.41. The van der Waals surface area contributed by atoms with Crippen molar-refractivity contribution in [1.29, 1.82) is 0 Å². The van der Waals surface area contributed by atoms with E-state index in [0.717, 1.165) is 0 Å². The average molecular weight is 293 g/mol. The zero-order valence-corrected chi connectivity index (χ0v) is 13.5. The lowest BCUT2D eigenvalue weighted by Crippen LogP contribution is -2.24. The predicted octanol–water partition coefficient (Wildman–Crippen LogP) is 3.22. The summed E-state index contributed by atoms with van der Waals surface area (Å²) in [5.41, 5.74) is 0. The van der Waals surface area contributed by atoms with Gasteiger partial charge in [0.05, 0.1) is 6.61 Å². The molecule has 4 nitrogen and oxygen atoms in total. The Morgan fingerprint density at radius 3 is 2.39 bits per heavy atom. The van der Waals surface area contributed by atoms with Gasteiger partial charge in [-0.05, 0) is 18.4 Å². The minimum Gasteiger partial charge on any atom is -0.492 e. The van der Waals surface area contributed by atoms with Gasteiger partial charge in [-0.25, -0.2) is 4.21 Å². The summed E-state index contributed by atoms with van der Waals surface area (Å²) >= 11 is 1.27. The van der Waals surface area contributed by atoms with Crippen molar-refractivity contribution >= 4 is 28.2 Å². The molecule has 1 amide bonds. The third-order valence-electron chi connectivity index (χ3n) is 1.37. The van der Waals surface area contributed by atoms with Crippen molar-refractivity contribution in [1.82, 2.24) is 4.72 Å². The molecule has 6 heteroatoms. The molecule has 0 bridgehead atoms. The second-order valence-electron chi connectivity index (χ2n) is 2.43. The van der Waals surface area contributed by atoms with E-state index in [-0.39, 0.29) is 5.91 Å². The van der Waals surface area contributed by atoms with Crippen molar-refractivity contribution in [2.24, 2.45) is 0 Å². The van der Waals surface area contributed by atoms with E-state index >= 15 is 0 Å². The van der Waals surface area contributed by atoms with E-state index in [1.54, 1.807) is 11.4 Å². The molecule has 1 N–H and O–H groups in total. The van der Waals surface area contributed by atoms with Crippen molar-refractivity contribution in [3.63, 3.8) is 0 Å². The fourth-order valence-electron chi connectivity index (χ4n) is 0.909. The van der Waals surface area contributed by atoms with Crippen LogP contribution in [-0.2, 0) is 11.0 Å². The molecule has 0 aromatic carbocycles. The molecule has 0 saturated heterocycles. The first-order valence-electron chi connectivity index (χ1n) is 5.99. The van der Waals surface area contributed by atoms with Crippen LogP contribution in [0.5, 0.6) is 5.75 Å². The van der Waals surface area contributed by atoms with Gasteiger partial charge < -0.3 is 4.74 Å². The normalized spacial score (nSPS) is 10.1. The topological polar surface area (TPSA) is 55.4 Å². The molecule has 1 heterocycles. The molecule has 1 rings (SSSR count). The van der Waals surface area contributed by atoms with Crippen LogP contribution in [0.15, 0.2) is 11.4 Å². The number of carbonyl (C=O) groups excluding carboxylic acids is 1. The lowest BCUT2D eigenvalue weighted by atomic mass is 10.4. The first kappa shape index (κ1) is 19.5. The molecule has 1 atom stereocenters. The lowest BCUT2D eigenvalue weighted by Gasteiger charge is -2.03. The number of nitrogens with one attached hydrogen (secondary N) is 1. The van der Waals surface area contributed by atoms with E-state index in [0.29, 0.717) is 17.2 Å². The maximum atomic E-state index is 11.4. The quantitative estimate of drug-likeness (QED) is 0.927. The standard InChI is InChI=1S/C8H11NO3S2.2C2H6/c1-3-12-6-4-5-13-7(6)8(10)9-14(2)11;2*1-2/h4-5H,3H2,1-2H3,(H,9,10);2*1-2H3. The Bertz CT molecular complexity index is 351. The summed E-state index contributed by atoms with van der Waals surface area (Å²) in [4.78, 5) is 11.9. The van der Waals surface area contributed by atoms with E-state index in [9.17, 15) is 9.00 Å². The van der Waals surface area contributed by atoms with Gasteiger partial charge in [0.2, 0.25) is 0 Å². The van der Waals surface area contributed by atoms with Gasteiger partial charge in [0.15, 0.2) is 0 Å². The van der Waals surface area contributed by atoms with Gasteiger partial charge in [-0.2, -0.15) is 0 Å². The highest BCUT2D eigenvalue weighted by molar-refractivity contribution is 7.82. The van der Waals surface area contributed by atoms with Gasteiger partial charge >= 0.3 is 0 Å². The first-order valence-corrected chi connectivity index (χ1v) is 8.43. The zero-order chi connectivity index (χ0) is 14.6. The second-order valence-corrected chi connectivity index (χ2v) is 4.46. The molecule has 0 saturated carbocycles. The highest BCUT2D eigenvalue weighted by Crippen LogP contribution is 2.24. The summed E-state index contributed by atoms with van der Waals surface area (Å²) in [7, 11) is -1.34. The van der Waals surface area contributed by atoms with Crippen molar-refractivity contribution in [3.8, 4) is 5.75 Å². The minimum atomic E-state index is -1.34. The van der Waals surface area contributed by atoms with Crippen molar-refractivity contribution < 1.29 is 13.7 Å². The molecule has 18 heavy (non-hydrogen) atoms. The number of thiophene rings is 1. The molecule has 0 spiro atoms. The Labute approximate surface area is 116 Å². The SMILES string of the molecule is CC.CC.CCOc1ccsc1C(=O)NS(C)=O. The Balaban J connectivity index is 0. The van der Waals surface area contributed by atoms with Crippen LogP contribution >= 0.6 is 11.3 Å². The third kappa shape index (κ3) is 7.45. The summed E-state index contributed by atoms with van der Waals surface area (Å²) in [6, 6.07) is 1.72. The van der Waals surface area contributed by atoms with Crippen LogP contribution in [0.25, 0.3) is 0 Å². The lowest BCUT2D eigenvalue weighted by molar-refractivity contribution is 0.0984. The molecule has 1 unspecified atom stereocenters. The largest absolute Gasteiger partial charge is 0.492 e. The van der Waals surface area contributed by atoms with Crippen LogP contribution in [0.3, 0.4) is 0 Å². The van der Waals surface area contributed by atoms with Crippen LogP contribution < -0.4 is 9.46 Å². The summed E-state index contributed by atoms with van der Waals surface area (Å²) in [5.74, 6) is 0.185. The number of ether oxygens (including phenoxy) is 1. The Hall–Kier alpha value is -0.880. The van der Waals surface area contributed by atoms with Crippen LogP contribution in [0.2, 0.25) is 0 Å². The van der Waals surface area contributed by atoms with Crippen molar-refractivity contribution in [2.75, 3.05) is 12.9 Å². The predicted molar refractivity (Wildman–Crippen MR) is 79.7 cm³/mol. The monoisotopic (exact) mass is 293 g/mol. The van der Waals surface area contributed by atoms with E-state index < -0.39 is 11.0 Å². The van der Waals surface area contributed by atoms with Gasteiger partial charge in [0, 0.05) is 6.26 Å². The maximum Gasteiger partial charge on any atom is 0.276 e. The molecule has 0 aliphatic rings. The molecule has 1 aromatic rings. The van der Waals surface area contributed by atoms with Crippen molar-refractivity contribution in [2.45, 2.75) is 34.6 Å². The summed E-state index contributed by atoms with van der Waals surface area (Å²) in [6.45, 7) is 10.4. The third-order valence-corrected chi connectivity index (χ3v) is 2.74. The molecular weight excluding hydrogens is 270 g/mol. The van der Waals surface area contributed by atoms with Crippen LogP contribution in [0, 0.1) is 0 Å². The van der Waals surface area contributed by atoms with Gasteiger partial charge in [-0.3, -0.25) is 9.52 Å². The van der Waals surface area contributed by atoms with Crippen LogP contribution in [-0.4, -0.2) is 23.0 Å². The van der Waals surface area contributed by atoms with Crippen molar-refractivity contribution in [3.05, 3.63) is 16.3 Å². The van der Waals surface area contributed by atoms with Crippen LogP contribution in [0.4, 0.5) is 0 Å². The van der Waals surface area contributed by atoms with E-state index in [1.165, 1.54) is 17.6 Å². The number of hydrogen-bond donors (Lipinski definition) is 1. The van der Waals surface area contributed by atoms with E-state index in [4.69, 9.17) is 4.74 Å². The number of carbonyl (C=O) groups is 1. The maximum absolute atomic E-state index is 11.4. The molecule has 0 radical (unpaired) electrons. The number of hydrogen-bond acceptors (Lipinski definition) is 4. The number of rotatable bonds is 4. The highest BCUT2D eigenvalue weighted by Gasteiger charge is 2.14.